The van der Waals surface area contributed by atoms with Gasteiger partial charge in [-0.2, -0.15) is 0 Å². The zero-order valence-electron chi connectivity index (χ0n) is 9.27. The van der Waals surface area contributed by atoms with E-state index >= 15 is 0 Å². The second-order valence-corrected chi connectivity index (χ2v) is 4.89. The van der Waals surface area contributed by atoms with Crippen molar-refractivity contribution < 1.29 is 9.18 Å². The fourth-order valence-corrected chi connectivity index (χ4v) is 2.22. The van der Waals surface area contributed by atoms with Crippen molar-refractivity contribution in [1.82, 2.24) is 0 Å². The Bertz CT molecular complexity index is 405. The average Bonchev–Trinajstić information content (AvgIpc) is 2.23. The Balaban J connectivity index is 2.85. The minimum absolute atomic E-state index is 0.133. The van der Waals surface area contributed by atoms with Crippen molar-refractivity contribution >= 4 is 39.1 Å². The van der Waals surface area contributed by atoms with Crippen LogP contribution in [-0.2, 0) is 4.79 Å². The summed E-state index contributed by atoms with van der Waals surface area (Å²) in [4.78, 5) is 11.7. The molecule has 0 saturated heterocycles. The van der Waals surface area contributed by atoms with Crippen LogP contribution in [0.15, 0.2) is 16.6 Å². The first-order valence-electron chi connectivity index (χ1n) is 5.16. The third kappa shape index (κ3) is 3.94. The molecule has 0 heterocycles. The maximum Gasteiger partial charge on any atom is 0.241 e. The van der Waals surface area contributed by atoms with Gasteiger partial charge in [0.1, 0.15) is 5.82 Å². The predicted molar refractivity (Wildman–Crippen MR) is 70.6 cm³/mol. The van der Waals surface area contributed by atoms with Crippen LogP contribution in [0.4, 0.5) is 10.1 Å². The van der Waals surface area contributed by atoms with Crippen molar-refractivity contribution in [3.8, 4) is 0 Å². The van der Waals surface area contributed by atoms with Gasteiger partial charge in [0, 0.05) is 4.47 Å². The van der Waals surface area contributed by atoms with Crippen LogP contribution in [0.2, 0.25) is 5.02 Å². The van der Waals surface area contributed by atoms with Gasteiger partial charge >= 0.3 is 0 Å². The number of nitrogens with two attached hydrogens (primary N) is 1. The Labute approximate surface area is 113 Å². The summed E-state index contributed by atoms with van der Waals surface area (Å²) in [5.41, 5.74) is 6.00. The minimum atomic E-state index is -0.590. The Morgan fingerprint density at radius 1 is 1.65 bits per heavy atom. The molecule has 0 fully saturated rings. The first-order valence-corrected chi connectivity index (χ1v) is 6.33. The molecule has 6 heteroatoms. The molecule has 3 nitrogen and oxygen atoms in total. The van der Waals surface area contributed by atoms with Crippen molar-refractivity contribution in [1.29, 1.82) is 0 Å². The van der Waals surface area contributed by atoms with Gasteiger partial charge < -0.3 is 11.1 Å². The SMILES string of the molecule is CCCC(N)C(=O)Nc1c(Cl)cc(F)cc1Br. The predicted octanol–water partition coefficient (Wildman–Crippen LogP) is 3.31. The van der Waals surface area contributed by atoms with Gasteiger partial charge in [-0.1, -0.05) is 24.9 Å². The average molecular weight is 324 g/mol. The van der Waals surface area contributed by atoms with Gasteiger partial charge in [-0.25, -0.2) is 4.39 Å². The lowest BCUT2D eigenvalue weighted by atomic mass is 10.1. The molecule has 94 valence electrons. The highest BCUT2D eigenvalue weighted by molar-refractivity contribution is 9.10. The summed E-state index contributed by atoms with van der Waals surface area (Å²) >= 11 is 8.97. The number of amides is 1. The lowest BCUT2D eigenvalue weighted by Gasteiger charge is -2.13. The molecule has 0 aliphatic carbocycles. The molecule has 1 amide bonds. The topological polar surface area (TPSA) is 55.1 Å². The van der Waals surface area contributed by atoms with E-state index in [2.05, 4.69) is 21.2 Å². The molecule has 0 aromatic heterocycles. The Morgan fingerprint density at radius 3 is 2.82 bits per heavy atom. The van der Waals surface area contributed by atoms with Gasteiger partial charge in [-0.05, 0) is 34.5 Å². The van der Waals surface area contributed by atoms with Crippen molar-refractivity contribution in [2.24, 2.45) is 5.73 Å². The third-order valence-electron chi connectivity index (χ3n) is 2.19. The second kappa shape index (κ2) is 6.33. The van der Waals surface area contributed by atoms with Crippen molar-refractivity contribution in [3.63, 3.8) is 0 Å². The molecule has 0 bridgehead atoms. The molecule has 1 atom stereocenters. The maximum atomic E-state index is 13.0. The van der Waals surface area contributed by atoms with E-state index in [0.717, 1.165) is 12.5 Å². The number of nitrogens with one attached hydrogen (secondary N) is 1. The zero-order valence-corrected chi connectivity index (χ0v) is 11.6. The monoisotopic (exact) mass is 322 g/mol. The lowest BCUT2D eigenvalue weighted by Crippen LogP contribution is -2.35. The van der Waals surface area contributed by atoms with Crippen LogP contribution in [-0.4, -0.2) is 11.9 Å². The van der Waals surface area contributed by atoms with Crippen LogP contribution >= 0.6 is 27.5 Å². The molecule has 0 radical (unpaired) electrons. The highest BCUT2D eigenvalue weighted by Gasteiger charge is 2.16. The standard InChI is InChI=1S/C11H13BrClFN2O/c1-2-3-9(15)11(17)16-10-7(12)4-6(14)5-8(10)13/h4-5,9H,2-3,15H2,1H3,(H,16,17). The van der Waals surface area contributed by atoms with E-state index in [1.807, 2.05) is 6.92 Å². The number of benzene rings is 1. The first kappa shape index (κ1) is 14.4. The number of carbonyl (C=O) groups is 1. The number of hydrogen-bond acceptors (Lipinski definition) is 2. The fourth-order valence-electron chi connectivity index (χ4n) is 1.32. The summed E-state index contributed by atoms with van der Waals surface area (Å²) in [5.74, 6) is -0.807. The van der Waals surface area contributed by atoms with Crippen molar-refractivity contribution in [3.05, 3.63) is 27.4 Å². The molecule has 3 N–H and O–H groups in total. The van der Waals surface area contributed by atoms with Crippen molar-refractivity contribution in [2.75, 3.05) is 5.32 Å². The first-order chi connectivity index (χ1) is 7.95. The van der Waals surface area contributed by atoms with Crippen LogP contribution in [0.3, 0.4) is 0 Å². The fraction of sp³-hybridized carbons (Fsp3) is 0.364. The Hall–Kier alpha value is -0.650. The van der Waals surface area contributed by atoms with E-state index in [9.17, 15) is 9.18 Å². The summed E-state index contributed by atoms with van der Waals surface area (Å²) < 4.78 is 13.4. The lowest BCUT2D eigenvalue weighted by molar-refractivity contribution is -0.117. The van der Waals surface area contributed by atoms with Gasteiger partial charge in [0.05, 0.1) is 16.8 Å². The second-order valence-electron chi connectivity index (χ2n) is 3.63. The number of hydrogen-bond donors (Lipinski definition) is 2. The zero-order chi connectivity index (χ0) is 13.0. The summed E-state index contributed by atoms with van der Waals surface area (Å²) in [6.45, 7) is 1.94. The van der Waals surface area contributed by atoms with E-state index in [4.69, 9.17) is 17.3 Å². The third-order valence-corrected chi connectivity index (χ3v) is 3.12. The minimum Gasteiger partial charge on any atom is -0.322 e. The maximum absolute atomic E-state index is 13.0. The highest BCUT2D eigenvalue weighted by Crippen LogP contribution is 2.31. The van der Waals surface area contributed by atoms with Gasteiger partial charge in [0.25, 0.3) is 0 Å². The molecule has 0 aliphatic rings. The van der Waals surface area contributed by atoms with E-state index in [-0.39, 0.29) is 10.9 Å². The van der Waals surface area contributed by atoms with Gasteiger partial charge in [-0.3, -0.25) is 4.79 Å². The van der Waals surface area contributed by atoms with Crippen LogP contribution in [0.1, 0.15) is 19.8 Å². The van der Waals surface area contributed by atoms with E-state index in [1.54, 1.807) is 0 Å². The Kier molecular flexibility index (Phi) is 5.36. The van der Waals surface area contributed by atoms with Gasteiger partial charge in [0.2, 0.25) is 5.91 Å². The molecule has 17 heavy (non-hydrogen) atoms. The van der Waals surface area contributed by atoms with Crippen LogP contribution in [0.25, 0.3) is 0 Å². The van der Waals surface area contributed by atoms with Crippen molar-refractivity contribution in [2.45, 2.75) is 25.8 Å². The van der Waals surface area contributed by atoms with Gasteiger partial charge in [0.15, 0.2) is 0 Å². The Morgan fingerprint density at radius 2 is 2.29 bits per heavy atom. The molecular weight excluding hydrogens is 310 g/mol. The van der Waals surface area contributed by atoms with Crippen LogP contribution in [0.5, 0.6) is 0 Å². The smallest absolute Gasteiger partial charge is 0.241 e. The van der Waals surface area contributed by atoms with Crippen LogP contribution in [0, 0.1) is 5.82 Å². The van der Waals surface area contributed by atoms with Gasteiger partial charge in [-0.15, -0.1) is 0 Å². The normalized spacial score (nSPS) is 12.3. The largest absolute Gasteiger partial charge is 0.322 e. The molecule has 0 aliphatic heterocycles. The molecular formula is C11H13BrClFN2O. The molecule has 0 spiro atoms. The summed E-state index contributed by atoms with van der Waals surface area (Å²) in [5, 5.41) is 2.71. The summed E-state index contributed by atoms with van der Waals surface area (Å²) in [7, 11) is 0. The van der Waals surface area contributed by atoms with Crippen LogP contribution < -0.4 is 11.1 Å². The van der Waals surface area contributed by atoms with E-state index in [1.165, 1.54) is 6.07 Å². The number of halogens is 3. The van der Waals surface area contributed by atoms with E-state index < -0.39 is 11.9 Å². The molecule has 1 unspecified atom stereocenters. The molecule has 0 saturated carbocycles. The molecule has 1 aromatic rings. The highest BCUT2D eigenvalue weighted by atomic mass is 79.9. The quantitative estimate of drug-likeness (QED) is 0.893. The van der Waals surface area contributed by atoms with E-state index in [0.29, 0.717) is 16.6 Å². The molecule has 1 aromatic carbocycles. The number of rotatable bonds is 4. The molecule has 1 rings (SSSR count). The summed E-state index contributed by atoms with van der Waals surface area (Å²) in [6, 6.07) is 1.77. The summed E-state index contributed by atoms with van der Waals surface area (Å²) in [6.07, 6.45) is 1.40. The number of anilines is 1. The number of carbonyl (C=O) groups excluding carboxylic acids is 1.